The molecule has 1 aliphatic rings. The lowest BCUT2D eigenvalue weighted by Crippen LogP contribution is -2.09. The number of para-hydroxylation sites is 1. The van der Waals surface area contributed by atoms with Crippen LogP contribution in [0, 0.1) is 11.3 Å². The van der Waals surface area contributed by atoms with Crippen molar-refractivity contribution in [2.24, 2.45) is 10.3 Å². The predicted octanol–water partition coefficient (Wildman–Crippen LogP) is 3.97. The molecule has 1 aromatic rings. The lowest BCUT2D eigenvalue weighted by atomic mass is 10.2. The summed E-state index contributed by atoms with van der Waals surface area (Å²) in [5, 5.41) is 16.1. The Labute approximate surface area is 133 Å². The summed E-state index contributed by atoms with van der Waals surface area (Å²) in [6, 6.07) is 9.35. The first kappa shape index (κ1) is 15.9. The fourth-order valence-electron chi connectivity index (χ4n) is 1.57. The van der Waals surface area contributed by atoms with E-state index in [9.17, 15) is 0 Å². The zero-order valence-electron chi connectivity index (χ0n) is 12.2. The minimum absolute atomic E-state index is 0.347. The van der Waals surface area contributed by atoms with Gasteiger partial charge in [0.25, 0.3) is 0 Å². The van der Waals surface area contributed by atoms with E-state index in [1.807, 2.05) is 60.7 Å². The van der Waals surface area contributed by atoms with E-state index in [1.165, 1.54) is 6.20 Å². The number of allylic oxidation sites excluding steroid dienone is 8. The van der Waals surface area contributed by atoms with Crippen molar-refractivity contribution in [2.75, 3.05) is 0 Å². The van der Waals surface area contributed by atoms with Gasteiger partial charge in [0.15, 0.2) is 5.75 Å². The largest absolute Gasteiger partial charge is 0.312 e. The molecule has 0 aliphatic carbocycles. The average Bonchev–Trinajstić information content (AvgIpc) is 2.59. The van der Waals surface area contributed by atoms with Gasteiger partial charge in [-0.25, -0.2) is 0 Å². The maximum atomic E-state index is 8.93. The molecule has 0 atom stereocenters. The Morgan fingerprint density at radius 2 is 1.70 bits per heavy atom. The van der Waals surface area contributed by atoms with E-state index >= 15 is 0 Å². The molecule has 0 saturated carbocycles. The number of hydrogen-bond donors (Lipinski definition) is 1. The number of benzene rings is 1. The third-order valence-electron chi connectivity index (χ3n) is 2.62. The maximum Gasteiger partial charge on any atom is 0.175 e. The highest BCUT2D eigenvalue weighted by atomic mass is 17.3. The maximum absolute atomic E-state index is 8.93. The normalized spacial score (nSPS) is 19.0. The van der Waals surface area contributed by atoms with E-state index in [1.54, 1.807) is 18.2 Å². The van der Waals surface area contributed by atoms with Crippen molar-refractivity contribution < 1.29 is 9.88 Å². The van der Waals surface area contributed by atoms with Crippen molar-refractivity contribution >= 4 is 6.08 Å². The Bertz CT molecular complexity index is 737. The molecule has 0 fully saturated rings. The van der Waals surface area contributed by atoms with E-state index in [4.69, 9.17) is 15.1 Å². The average molecular weight is 306 g/mol. The molecule has 0 radical (unpaired) electrons. The fourth-order valence-corrected chi connectivity index (χ4v) is 1.57. The Balaban J connectivity index is 2.19. The number of nitriles is 1. The van der Waals surface area contributed by atoms with Crippen LogP contribution in [0.5, 0.6) is 5.75 Å². The van der Waals surface area contributed by atoms with Gasteiger partial charge in [0.05, 0.1) is 11.8 Å². The smallest absolute Gasteiger partial charge is 0.175 e. The summed E-state index contributed by atoms with van der Waals surface area (Å²) in [5.41, 5.74) is 3.36. The van der Waals surface area contributed by atoms with Gasteiger partial charge in [0, 0.05) is 5.56 Å². The monoisotopic (exact) mass is 306 g/mol. The van der Waals surface area contributed by atoms with Crippen LogP contribution in [-0.2, 0) is 4.99 Å². The van der Waals surface area contributed by atoms with Crippen molar-refractivity contribution in [1.82, 2.24) is 5.59 Å². The van der Waals surface area contributed by atoms with Crippen molar-refractivity contribution in [3.63, 3.8) is 0 Å². The SMILES string of the molecule is N#CC1=CN=NNOOc2ccccc2\C=C/C=C\C=C\C=C1. The standard InChI is InChI=1S/C17H14N4O2/c18-13-15-9-5-3-1-2-4-6-10-16-11-7-8-12-17(16)22-23-21-20-19-14-15/h1-12,14H,(H,19,21)/b3-1+,4-2-,9-5?,10-6-,15-14?. The summed E-state index contributed by atoms with van der Waals surface area (Å²) in [6.07, 6.45) is 15.8. The van der Waals surface area contributed by atoms with Gasteiger partial charge < -0.3 is 4.89 Å². The topological polar surface area (TPSA) is 79.0 Å². The molecule has 1 aromatic carbocycles. The number of nitrogens with zero attached hydrogens (tertiary/aromatic N) is 3. The molecular formula is C17H14N4O2. The fraction of sp³-hybridized carbons (Fsp3) is 0. The lowest BCUT2D eigenvalue weighted by Gasteiger charge is -2.04. The molecule has 6 heteroatoms. The Kier molecular flexibility index (Phi) is 6.59. The first-order valence-electron chi connectivity index (χ1n) is 6.76. The minimum Gasteiger partial charge on any atom is -0.312 e. The third-order valence-corrected chi connectivity index (χ3v) is 2.62. The van der Waals surface area contributed by atoms with E-state index in [0.717, 1.165) is 5.56 Å². The zero-order chi connectivity index (χ0) is 16.2. The van der Waals surface area contributed by atoms with Crippen LogP contribution in [0.15, 0.2) is 88.9 Å². The molecule has 1 N–H and O–H groups in total. The van der Waals surface area contributed by atoms with Gasteiger partial charge in [-0.05, 0) is 22.4 Å². The minimum atomic E-state index is 0.347. The van der Waals surface area contributed by atoms with Crippen molar-refractivity contribution in [2.45, 2.75) is 0 Å². The van der Waals surface area contributed by atoms with Crippen LogP contribution in [0.25, 0.3) is 6.08 Å². The molecule has 0 bridgehead atoms. The Hall–Kier alpha value is -3.43. The lowest BCUT2D eigenvalue weighted by molar-refractivity contribution is -0.259. The van der Waals surface area contributed by atoms with Crippen LogP contribution < -0.4 is 10.5 Å². The van der Waals surface area contributed by atoms with E-state index < -0.39 is 0 Å². The molecule has 0 amide bonds. The highest BCUT2D eigenvalue weighted by Gasteiger charge is 2.00. The van der Waals surface area contributed by atoms with Gasteiger partial charge in [-0.1, -0.05) is 60.7 Å². The van der Waals surface area contributed by atoms with Crippen LogP contribution in [0.4, 0.5) is 0 Å². The highest BCUT2D eigenvalue weighted by Crippen LogP contribution is 2.19. The summed E-state index contributed by atoms with van der Waals surface area (Å²) in [7, 11) is 0. The van der Waals surface area contributed by atoms with Gasteiger partial charge >= 0.3 is 0 Å². The van der Waals surface area contributed by atoms with Gasteiger partial charge in [-0.15, -0.1) is 10.7 Å². The summed E-state index contributed by atoms with van der Waals surface area (Å²) < 4.78 is 0. The van der Waals surface area contributed by atoms with E-state index in [0.29, 0.717) is 11.3 Å². The number of rotatable bonds is 0. The van der Waals surface area contributed by atoms with Crippen molar-refractivity contribution in [3.05, 3.63) is 84.1 Å². The van der Waals surface area contributed by atoms with Crippen LogP contribution in [0.2, 0.25) is 0 Å². The van der Waals surface area contributed by atoms with Gasteiger partial charge in [0.2, 0.25) is 0 Å². The van der Waals surface area contributed by atoms with Crippen LogP contribution in [0.3, 0.4) is 0 Å². The molecule has 1 heterocycles. The number of hydrogen-bond acceptors (Lipinski definition) is 6. The molecule has 0 saturated heterocycles. The second-order valence-electron chi connectivity index (χ2n) is 4.20. The summed E-state index contributed by atoms with van der Waals surface area (Å²) in [6.45, 7) is 0. The van der Waals surface area contributed by atoms with E-state index in [-0.39, 0.29) is 0 Å². The van der Waals surface area contributed by atoms with Crippen molar-refractivity contribution in [3.8, 4) is 11.8 Å². The molecule has 0 aromatic heterocycles. The van der Waals surface area contributed by atoms with E-state index in [2.05, 4.69) is 15.9 Å². The second kappa shape index (κ2) is 9.50. The van der Waals surface area contributed by atoms with Crippen molar-refractivity contribution in [1.29, 1.82) is 5.26 Å². The second-order valence-corrected chi connectivity index (χ2v) is 4.20. The number of fused-ring (bicyclic) bond motifs is 1. The predicted molar refractivity (Wildman–Crippen MR) is 86.3 cm³/mol. The first-order chi connectivity index (χ1) is 11.4. The molecule has 0 spiro atoms. The molecule has 23 heavy (non-hydrogen) atoms. The van der Waals surface area contributed by atoms with Gasteiger partial charge in [-0.3, -0.25) is 0 Å². The summed E-state index contributed by atoms with van der Waals surface area (Å²) in [5.74, 6) is 0.523. The summed E-state index contributed by atoms with van der Waals surface area (Å²) in [4.78, 5) is 9.86. The van der Waals surface area contributed by atoms with Crippen LogP contribution in [0.1, 0.15) is 5.56 Å². The Morgan fingerprint density at radius 3 is 2.52 bits per heavy atom. The quantitative estimate of drug-likeness (QED) is 0.735. The molecule has 1 aliphatic heterocycles. The third kappa shape index (κ3) is 5.83. The summed E-state index contributed by atoms with van der Waals surface area (Å²) >= 11 is 0. The van der Waals surface area contributed by atoms with Crippen LogP contribution in [-0.4, -0.2) is 0 Å². The molecule has 6 nitrogen and oxygen atoms in total. The Morgan fingerprint density at radius 1 is 0.957 bits per heavy atom. The number of nitrogens with one attached hydrogen (secondary N) is 1. The zero-order valence-corrected chi connectivity index (χ0v) is 12.2. The molecule has 0 unspecified atom stereocenters. The van der Waals surface area contributed by atoms with Crippen LogP contribution >= 0.6 is 0 Å². The van der Waals surface area contributed by atoms with Gasteiger partial charge in [0.1, 0.15) is 6.07 Å². The molecule has 2 rings (SSSR count). The first-order valence-corrected chi connectivity index (χ1v) is 6.76. The molecule has 114 valence electrons. The highest BCUT2D eigenvalue weighted by molar-refractivity contribution is 5.58. The van der Waals surface area contributed by atoms with Gasteiger partial charge in [-0.2, -0.15) is 5.26 Å². The molecular weight excluding hydrogens is 292 g/mol.